The minimum Gasteiger partial charge on any atom is -0.382 e. The third-order valence-corrected chi connectivity index (χ3v) is 1.02. The summed E-state index contributed by atoms with van der Waals surface area (Å²) in [6, 6.07) is 0. The molecule has 5 nitrogen and oxygen atoms in total. The van der Waals surface area contributed by atoms with Crippen LogP contribution in [0.5, 0.6) is 0 Å². The molecule has 0 aromatic heterocycles. The number of rotatable bonds is 7. The zero-order chi connectivity index (χ0) is 13.0. The standard InChI is InChI=1S/C7H16O4.C4H11N/c1-7(8)11-6-5-10-4-3-9-2;1-4(2,3)5/h7-8H,3-6H2,1-2H3;5H2,1-3H3. The summed E-state index contributed by atoms with van der Waals surface area (Å²) >= 11 is 0. The Morgan fingerprint density at radius 2 is 1.56 bits per heavy atom. The van der Waals surface area contributed by atoms with Gasteiger partial charge < -0.3 is 25.1 Å². The van der Waals surface area contributed by atoms with E-state index in [1.807, 2.05) is 20.8 Å². The summed E-state index contributed by atoms with van der Waals surface area (Å²) in [7, 11) is 1.62. The summed E-state index contributed by atoms with van der Waals surface area (Å²) < 4.78 is 14.6. The minimum atomic E-state index is -0.707. The van der Waals surface area contributed by atoms with Gasteiger partial charge in [0.2, 0.25) is 0 Å². The molecule has 0 aliphatic carbocycles. The molecule has 0 rings (SSSR count). The van der Waals surface area contributed by atoms with E-state index >= 15 is 0 Å². The van der Waals surface area contributed by atoms with Gasteiger partial charge >= 0.3 is 0 Å². The molecule has 5 heteroatoms. The second kappa shape index (κ2) is 11.3. The smallest absolute Gasteiger partial charge is 0.151 e. The topological polar surface area (TPSA) is 73.9 Å². The first kappa shape index (κ1) is 18.2. The lowest BCUT2D eigenvalue weighted by molar-refractivity contribution is -0.101. The molecule has 0 amide bonds. The fraction of sp³-hybridized carbons (Fsp3) is 1.00. The third kappa shape index (κ3) is 37.2. The van der Waals surface area contributed by atoms with Gasteiger partial charge in [-0.2, -0.15) is 0 Å². The molecule has 0 aromatic carbocycles. The fourth-order valence-electron chi connectivity index (χ4n) is 0.522. The van der Waals surface area contributed by atoms with Gasteiger partial charge in [0.15, 0.2) is 6.29 Å². The average Bonchev–Trinajstić information content (AvgIpc) is 2.08. The molecular formula is C11H27NO4. The van der Waals surface area contributed by atoms with E-state index in [-0.39, 0.29) is 5.54 Å². The van der Waals surface area contributed by atoms with Gasteiger partial charge in [-0.05, 0) is 27.7 Å². The Balaban J connectivity index is 0. The first-order valence-electron chi connectivity index (χ1n) is 5.42. The summed E-state index contributed by atoms with van der Waals surface area (Å²) in [6.45, 7) is 9.53. The molecule has 0 spiro atoms. The van der Waals surface area contributed by atoms with Gasteiger partial charge in [-0.3, -0.25) is 0 Å². The molecule has 0 saturated carbocycles. The number of aliphatic hydroxyl groups excluding tert-OH is 1. The van der Waals surface area contributed by atoms with Crippen LogP contribution in [0.25, 0.3) is 0 Å². The maximum Gasteiger partial charge on any atom is 0.151 e. The van der Waals surface area contributed by atoms with E-state index < -0.39 is 6.29 Å². The Labute approximate surface area is 98.9 Å². The van der Waals surface area contributed by atoms with Crippen molar-refractivity contribution in [3.8, 4) is 0 Å². The van der Waals surface area contributed by atoms with E-state index in [1.54, 1.807) is 14.0 Å². The predicted molar refractivity (Wildman–Crippen MR) is 64.3 cm³/mol. The van der Waals surface area contributed by atoms with Crippen LogP contribution >= 0.6 is 0 Å². The van der Waals surface area contributed by atoms with Crippen LogP contribution in [0.4, 0.5) is 0 Å². The molecule has 0 bridgehead atoms. The van der Waals surface area contributed by atoms with Crippen LogP contribution in [-0.4, -0.2) is 50.5 Å². The monoisotopic (exact) mass is 237 g/mol. The molecular weight excluding hydrogens is 210 g/mol. The summed E-state index contributed by atoms with van der Waals surface area (Å²) in [5.74, 6) is 0. The third-order valence-electron chi connectivity index (χ3n) is 1.02. The highest BCUT2D eigenvalue weighted by molar-refractivity contribution is 4.60. The number of ether oxygens (including phenoxy) is 3. The van der Waals surface area contributed by atoms with Crippen LogP contribution < -0.4 is 5.73 Å². The molecule has 0 fully saturated rings. The molecule has 0 aliphatic rings. The predicted octanol–water partition coefficient (Wildman–Crippen LogP) is 0.748. The van der Waals surface area contributed by atoms with Crippen LogP contribution in [-0.2, 0) is 14.2 Å². The van der Waals surface area contributed by atoms with Crippen LogP contribution in [0.3, 0.4) is 0 Å². The van der Waals surface area contributed by atoms with Gasteiger partial charge in [-0.25, -0.2) is 0 Å². The van der Waals surface area contributed by atoms with E-state index in [9.17, 15) is 0 Å². The van der Waals surface area contributed by atoms with Crippen molar-refractivity contribution in [3.05, 3.63) is 0 Å². The molecule has 0 aliphatic heterocycles. The summed E-state index contributed by atoms with van der Waals surface area (Å²) in [5.41, 5.74) is 5.35. The minimum absolute atomic E-state index is 0. The van der Waals surface area contributed by atoms with Crippen molar-refractivity contribution in [2.45, 2.75) is 39.5 Å². The van der Waals surface area contributed by atoms with E-state index in [2.05, 4.69) is 0 Å². The summed E-state index contributed by atoms with van der Waals surface area (Å²) in [6.07, 6.45) is -0.707. The normalized spacial score (nSPS) is 12.9. The lowest BCUT2D eigenvalue weighted by atomic mass is 10.1. The van der Waals surface area contributed by atoms with Crippen molar-refractivity contribution in [1.82, 2.24) is 0 Å². The van der Waals surface area contributed by atoms with Crippen LogP contribution in [0.1, 0.15) is 27.7 Å². The first-order valence-corrected chi connectivity index (χ1v) is 5.42. The molecule has 0 aromatic rings. The molecule has 1 atom stereocenters. The van der Waals surface area contributed by atoms with Crippen LogP contribution in [0.2, 0.25) is 0 Å². The SMILES string of the molecule is CC(C)(C)N.COCCOCCOC(C)O. The Kier molecular flexibility index (Phi) is 12.8. The summed E-state index contributed by atoms with van der Waals surface area (Å²) in [5, 5.41) is 8.65. The van der Waals surface area contributed by atoms with E-state index in [1.165, 1.54) is 0 Å². The number of methoxy groups -OCH3 is 1. The number of aliphatic hydroxyl groups is 1. The lowest BCUT2D eigenvalue weighted by Gasteiger charge is -2.06. The van der Waals surface area contributed by atoms with Gasteiger partial charge in [-0.1, -0.05) is 0 Å². The van der Waals surface area contributed by atoms with E-state index in [0.29, 0.717) is 26.4 Å². The van der Waals surface area contributed by atoms with Crippen molar-refractivity contribution in [3.63, 3.8) is 0 Å². The van der Waals surface area contributed by atoms with Gasteiger partial charge in [0, 0.05) is 12.6 Å². The highest BCUT2D eigenvalue weighted by atomic mass is 16.6. The Hall–Kier alpha value is -0.200. The van der Waals surface area contributed by atoms with Gasteiger partial charge in [0.1, 0.15) is 0 Å². The van der Waals surface area contributed by atoms with Crippen molar-refractivity contribution in [2.24, 2.45) is 5.73 Å². The van der Waals surface area contributed by atoms with Crippen LogP contribution in [0.15, 0.2) is 0 Å². The zero-order valence-electron chi connectivity index (χ0n) is 11.2. The van der Waals surface area contributed by atoms with Gasteiger partial charge in [0.25, 0.3) is 0 Å². The van der Waals surface area contributed by atoms with Crippen molar-refractivity contribution in [1.29, 1.82) is 0 Å². The number of hydrogen-bond donors (Lipinski definition) is 2. The molecule has 3 N–H and O–H groups in total. The highest BCUT2D eigenvalue weighted by Crippen LogP contribution is 1.88. The quantitative estimate of drug-likeness (QED) is 0.505. The van der Waals surface area contributed by atoms with Crippen molar-refractivity contribution in [2.75, 3.05) is 33.5 Å². The van der Waals surface area contributed by atoms with Crippen molar-refractivity contribution < 1.29 is 19.3 Å². The molecule has 16 heavy (non-hydrogen) atoms. The maximum absolute atomic E-state index is 8.65. The van der Waals surface area contributed by atoms with Crippen molar-refractivity contribution >= 4 is 0 Å². The van der Waals surface area contributed by atoms with E-state index in [0.717, 1.165) is 0 Å². The van der Waals surface area contributed by atoms with E-state index in [4.69, 9.17) is 25.1 Å². The largest absolute Gasteiger partial charge is 0.382 e. The fourth-order valence-corrected chi connectivity index (χ4v) is 0.522. The summed E-state index contributed by atoms with van der Waals surface area (Å²) in [4.78, 5) is 0. The Morgan fingerprint density at radius 3 is 1.94 bits per heavy atom. The average molecular weight is 237 g/mol. The lowest BCUT2D eigenvalue weighted by Crippen LogP contribution is -2.26. The Bertz CT molecular complexity index is 128. The van der Waals surface area contributed by atoms with Gasteiger partial charge in [-0.15, -0.1) is 0 Å². The Morgan fingerprint density at radius 1 is 1.12 bits per heavy atom. The molecule has 0 saturated heterocycles. The first-order chi connectivity index (χ1) is 7.27. The maximum atomic E-state index is 8.65. The second-order valence-electron chi connectivity index (χ2n) is 4.44. The molecule has 0 radical (unpaired) electrons. The van der Waals surface area contributed by atoms with Crippen LogP contribution in [0, 0.1) is 0 Å². The number of hydrogen-bond acceptors (Lipinski definition) is 5. The molecule has 100 valence electrons. The second-order valence-corrected chi connectivity index (χ2v) is 4.44. The number of nitrogens with two attached hydrogens (primary N) is 1. The van der Waals surface area contributed by atoms with Gasteiger partial charge in [0.05, 0.1) is 26.4 Å². The molecule has 0 heterocycles. The zero-order valence-corrected chi connectivity index (χ0v) is 11.2. The highest BCUT2D eigenvalue weighted by Gasteiger charge is 1.95. The molecule has 1 unspecified atom stereocenters.